The van der Waals surface area contributed by atoms with Crippen molar-refractivity contribution in [1.82, 2.24) is 29.4 Å². The van der Waals surface area contributed by atoms with Gasteiger partial charge in [-0.25, -0.2) is 4.98 Å². The maximum absolute atomic E-state index is 13.9. The Bertz CT molecular complexity index is 1280. The van der Waals surface area contributed by atoms with Crippen molar-refractivity contribution in [3.05, 3.63) is 35.3 Å². The molecule has 1 fully saturated rings. The van der Waals surface area contributed by atoms with Crippen LogP contribution < -0.4 is 9.47 Å². The predicted octanol–water partition coefficient (Wildman–Crippen LogP) is 2.81. The van der Waals surface area contributed by atoms with Gasteiger partial charge in [-0.15, -0.1) is 5.10 Å². The summed E-state index contributed by atoms with van der Waals surface area (Å²) >= 11 is 0. The van der Waals surface area contributed by atoms with Crippen LogP contribution in [0.25, 0.3) is 17.2 Å². The highest BCUT2D eigenvalue weighted by atomic mass is 16.5. The molecule has 0 radical (unpaired) electrons. The van der Waals surface area contributed by atoms with E-state index in [1.165, 1.54) is 0 Å². The number of imidazole rings is 1. The van der Waals surface area contributed by atoms with Gasteiger partial charge in [-0.05, 0) is 52.2 Å². The van der Waals surface area contributed by atoms with Crippen LogP contribution in [0.3, 0.4) is 0 Å². The number of ether oxygens (including phenoxy) is 3. The van der Waals surface area contributed by atoms with Gasteiger partial charge in [0.15, 0.2) is 23.0 Å². The van der Waals surface area contributed by atoms with Crippen LogP contribution in [0, 0.1) is 0 Å². The third-order valence-corrected chi connectivity index (χ3v) is 6.50. The quantitative estimate of drug-likeness (QED) is 0.554. The minimum atomic E-state index is -0.420. The number of hydrogen-bond acceptors (Lipinski definition) is 7. The van der Waals surface area contributed by atoms with Crippen LogP contribution in [-0.4, -0.2) is 73.9 Å². The maximum atomic E-state index is 13.9. The molecule has 0 saturated carbocycles. The Hall–Kier alpha value is -3.40. The molecule has 186 valence electrons. The molecule has 10 nitrogen and oxygen atoms in total. The second kappa shape index (κ2) is 8.67. The summed E-state index contributed by atoms with van der Waals surface area (Å²) in [7, 11) is 3.46. The fourth-order valence-electron chi connectivity index (χ4n) is 4.86. The van der Waals surface area contributed by atoms with Gasteiger partial charge in [-0.3, -0.25) is 14.0 Å². The zero-order valence-corrected chi connectivity index (χ0v) is 21.2. The van der Waals surface area contributed by atoms with Gasteiger partial charge in [-0.1, -0.05) is 5.21 Å². The molecule has 0 atom stereocenters. The molecule has 35 heavy (non-hydrogen) atoms. The monoisotopic (exact) mass is 480 g/mol. The number of carbonyl (C=O) groups excluding carboxylic acids is 1. The molecule has 2 aromatic heterocycles. The van der Waals surface area contributed by atoms with Crippen molar-refractivity contribution in [2.75, 3.05) is 26.9 Å². The van der Waals surface area contributed by atoms with Gasteiger partial charge in [0, 0.05) is 19.7 Å². The van der Waals surface area contributed by atoms with Crippen molar-refractivity contribution in [3.63, 3.8) is 0 Å². The topological polar surface area (TPSA) is 96.5 Å². The van der Waals surface area contributed by atoms with Crippen molar-refractivity contribution in [2.45, 2.75) is 52.2 Å². The number of amides is 1. The number of fused-ring (bicyclic) bond motifs is 3. The van der Waals surface area contributed by atoms with Gasteiger partial charge >= 0.3 is 0 Å². The molecule has 0 N–H and O–H groups in total. The first-order chi connectivity index (χ1) is 16.7. The summed E-state index contributed by atoms with van der Waals surface area (Å²) in [6.07, 6.45) is 3.21. The minimum Gasteiger partial charge on any atom is -0.493 e. The van der Waals surface area contributed by atoms with Crippen molar-refractivity contribution in [2.24, 2.45) is 7.05 Å². The summed E-state index contributed by atoms with van der Waals surface area (Å²) in [6, 6.07) is 3.99. The van der Waals surface area contributed by atoms with Gasteiger partial charge < -0.3 is 19.1 Å². The van der Waals surface area contributed by atoms with Gasteiger partial charge in [0.1, 0.15) is 5.69 Å². The Morgan fingerprint density at radius 2 is 2.00 bits per heavy atom. The average Bonchev–Trinajstić information content (AvgIpc) is 3.41. The Labute approximate surface area is 204 Å². The van der Waals surface area contributed by atoms with Crippen molar-refractivity contribution < 1.29 is 19.0 Å². The summed E-state index contributed by atoms with van der Waals surface area (Å²) in [5.74, 6) is 1.83. The summed E-state index contributed by atoms with van der Waals surface area (Å²) in [5.41, 5.74) is 3.51. The highest BCUT2D eigenvalue weighted by Crippen LogP contribution is 2.40. The van der Waals surface area contributed by atoms with E-state index in [0.717, 1.165) is 23.4 Å². The lowest BCUT2D eigenvalue weighted by Crippen LogP contribution is -2.55. The van der Waals surface area contributed by atoms with E-state index in [9.17, 15) is 4.79 Å². The number of methoxy groups -OCH3 is 1. The number of carbonyl (C=O) groups is 1. The van der Waals surface area contributed by atoms with Crippen LogP contribution in [0.2, 0.25) is 0 Å². The number of aromatic nitrogens is 5. The second-order valence-corrected chi connectivity index (χ2v) is 9.96. The SMILES string of the molecule is COc1cc2c(cc1OC(C)C)-n1c(-c3cn(C)nn3)nc(C(=O)N3CCOCC3(C)C)c1CC2. The standard InChI is InChI=1S/C25H32N6O4/c1-15(2)35-21-12-19-16(11-20(21)33-6)7-8-18-22(24(32)30-9-10-34-14-25(30,3)4)26-23(31(18)19)17-13-29(5)28-27-17/h11-13,15H,7-10,14H2,1-6H3. The Morgan fingerprint density at radius 3 is 2.66 bits per heavy atom. The van der Waals surface area contributed by atoms with E-state index < -0.39 is 5.54 Å². The van der Waals surface area contributed by atoms with Crippen LogP contribution in [0.4, 0.5) is 0 Å². The molecule has 0 aliphatic carbocycles. The molecule has 10 heteroatoms. The highest BCUT2D eigenvalue weighted by molar-refractivity contribution is 5.95. The van der Waals surface area contributed by atoms with Crippen molar-refractivity contribution in [3.8, 4) is 28.7 Å². The normalized spacial score (nSPS) is 16.7. The van der Waals surface area contributed by atoms with Crippen LogP contribution >= 0.6 is 0 Å². The summed E-state index contributed by atoms with van der Waals surface area (Å²) in [6.45, 7) is 9.53. The number of rotatable bonds is 5. The summed E-state index contributed by atoms with van der Waals surface area (Å²) in [5, 5.41) is 8.42. The molecule has 1 aromatic carbocycles. The molecule has 0 bridgehead atoms. The average molecular weight is 481 g/mol. The third kappa shape index (κ3) is 4.05. The summed E-state index contributed by atoms with van der Waals surface area (Å²) in [4.78, 5) is 20.6. The molecular weight excluding hydrogens is 448 g/mol. The van der Waals surface area contributed by atoms with Crippen LogP contribution in [0.15, 0.2) is 18.3 Å². The lowest BCUT2D eigenvalue weighted by molar-refractivity contribution is -0.0373. The number of nitrogens with zero attached hydrogens (tertiary/aromatic N) is 6. The largest absolute Gasteiger partial charge is 0.493 e. The predicted molar refractivity (Wildman–Crippen MR) is 129 cm³/mol. The van der Waals surface area contributed by atoms with Crippen LogP contribution in [-0.2, 0) is 24.6 Å². The second-order valence-electron chi connectivity index (χ2n) is 9.96. The number of aryl methyl sites for hydroxylation is 2. The molecule has 1 saturated heterocycles. The number of benzene rings is 1. The van der Waals surface area contributed by atoms with E-state index in [1.807, 2.05) is 62.5 Å². The number of morpholine rings is 1. The molecule has 4 heterocycles. The third-order valence-electron chi connectivity index (χ3n) is 6.50. The summed E-state index contributed by atoms with van der Waals surface area (Å²) < 4.78 is 21.0. The molecule has 1 amide bonds. The van der Waals surface area contributed by atoms with E-state index in [0.29, 0.717) is 54.9 Å². The highest BCUT2D eigenvalue weighted by Gasteiger charge is 2.38. The van der Waals surface area contributed by atoms with E-state index >= 15 is 0 Å². The zero-order valence-electron chi connectivity index (χ0n) is 21.2. The van der Waals surface area contributed by atoms with Gasteiger partial charge in [0.05, 0.1) is 49.5 Å². The molecule has 2 aliphatic heterocycles. The van der Waals surface area contributed by atoms with E-state index in [-0.39, 0.29) is 12.0 Å². The van der Waals surface area contributed by atoms with Crippen molar-refractivity contribution >= 4 is 5.91 Å². The minimum absolute atomic E-state index is 0.0204. The zero-order chi connectivity index (χ0) is 24.9. The Morgan fingerprint density at radius 1 is 1.20 bits per heavy atom. The molecule has 5 rings (SSSR count). The maximum Gasteiger partial charge on any atom is 0.274 e. The number of hydrogen-bond donors (Lipinski definition) is 0. The first-order valence-electron chi connectivity index (χ1n) is 12.0. The first-order valence-corrected chi connectivity index (χ1v) is 12.0. The lowest BCUT2D eigenvalue weighted by atomic mass is 9.98. The Balaban J connectivity index is 1.70. The lowest BCUT2D eigenvalue weighted by Gasteiger charge is -2.41. The van der Waals surface area contributed by atoms with Crippen molar-refractivity contribution in [1.29, 1.82) is 0 Å². The van der Waals surface area contributed by atoms with Gasteiger partial charge in [-0.2, -0.15) is 0 Å². The van der Waals surface area contributed by atoms with E-state index in [4.69, 9.17) is 19.2 Å². The fraction of sp³-hybridized carbons (Fsp3) is 0.520. The molecule has 2 aliphatic rings. The first kappa shape index (κ1) is 23.3. The molecular formula is C25H32N6O4. The molecule has 3 aromatic rings. The van der Waals surface area contributed by atoms with E-state index in [1.54, 1.807) is 11.8 Å². The van der Waals surface area contributed by atoms with E-state index in [2.05, 4.69) is 10.3 Å². The molecule has 0 spiro atoms. The van der Waals surface area contributed by atoms with Gasteiger partial charge in [0.25, 0.3) is 5.91 Å². The van der Waals surface area contributed by atoms with Crippen LogP contribution in [0.1, 0.15) is 49.4 Å². The Kier molecular flexibility index (Phi) is 5.79. The fourth-order valence-corrected chi connectivity index (χ4v) is 4.86. The van der Waals surface area contributed by atoms with Gasteiger partial charge in [0.2, 0.25) is 0 Å². The molecule has 0 unspecified atom stereocenters. The smallest absolute Gasteiger partial charge is 0.274 e. The van der Waals surface area contributed by atoms with Crippen LogP contribution in [0.5, 0.6) is 11.5 Å².